The van der Waals surface area contributed by atoms with Gasteiger partial charge in [0.2, 0.25) is 11.8 Å². The van der Waals surface area contributed by atoms with E-state index in [1.165, 1.54) is 9.80 Å². The minimum absolute atomic E-state index is 0.00473. The largest absolute Gasteiger partial charge is 0.370 e. The Labute approximate surface area is 259 Å². The molecule has 1 aliphatic rings. The summed E-state index contributed by atoms with van der Waals surface area (Å²) in [7, 11) is 0. The predicted octanol–water partition coefficient (Wildman–Crippen LogP) is 4.00. The number of urea groups is 1. The summed E-state index contributed by atoms with van der Waals surface area (Å²) < 4.78 is 1.67. The topological polar surface area (TPSA) is 186 Å². The Morgan fingerprint density at radius 3 is 1.68 bits per heavy atom. The van der Waals surface area contributed by atoms with Crippen molar-refractivity contribution < 1.29 is 14.4 Å². The summed E-state index contributed by atoms with van der Waals surface area (Å²) in [5.41, 5.74) is 21.1. The minimum atomic E-state index is -1.39. The smallest absolute Gasteiger partial charge is 0.333 e. The van der Waals surface area contributed by atoms with Gasteiger partial charge in [-0.25, -0.2) is 4.79 Å². The number of halogens is 2. The molecule has 4 amide bonds. The van der Waals surface area contributed by atoms with Gasteiger partial charge in [0.15, 0.2) is 11.9 Å². The molecule has 1 aliphatic heterocycles. The number of carbonyl (C=O) groups is 3. The predicted molar refractivity (Wildman–Crippen MR) is 170 cm³/mol. The average Bonchev–Trinajstić information content (AvgIpc) is 2.89. The highest BCUT2D eigenvalue weighted by Gasteiger charge is 2.56. The van der Waals surface area contributed by atoms with Crippen LogP contribution in [0.1, 0.15) is 76.7 Å². The van der Waals surface area contributed by atoms with E-state index < -0.39 is 23.3 Å². The fourth-order valence-electron chi connectivity index (χ4n) is 5.05. The molecule has 1 fully saturated rings. The maximum absolute atomic E-state index is 14.3. The highest BCUT2D eigenvalue weighted by molar-refractivity contribution is 9.11. The van der Waals surface area contributed by atoms with Gasteiger partial charge in [-0.15, -0.1) is 0 Å². The number of unbranched alkanes of at least 4 members (excludes halogenated alkanes) is 6. The standard InChI is InChI=1S/C28H44Br2N8O3/c1-2-3-4-5-6-11-28(19-20-16-21(29)18-22(30)17-20)23(39)37(14-9-7-12-35-25(31)32)27(41)38(24(28)40)15-10-8-13-36-26(33)34/h16-18H,2-15,19H2,1H3,(H4,31,32,35)(H4,33,34,36). The Morgan fingerprint density at radius 2 is 1.22 bits per heavy atom. The van der Waals surface area contributed by atoms with Crippen molar-refractivity contribution in [3.8, 4) is 0 Å². The second-order valence-corrected chi connectivity index (χ2v) is 12.3. The van der Waals surface area contributed by atoms with Gasteiger partial charge in [-0.2, -0.15) is 0 Å². The molecular formula is C28H44Br2N8O3. The lowest BCUT2D eigenvalue weighted by Gasteiger charge is -2.44. The SMILES string of the molecule is CCCCCCCC1(Cc2cc(Br)cc(Br)c2)C(=O)N(CCCCN=C(N)N)C(=O)N(CCCCN=C(N)N)C1=O. The van der Waals surface area contributed by atoms with Gasteiger partial charge in [-0.3, -0.25) is 29.4 Å². The lowest BCUT2D eigenvalue weighted by Crippen LogP contribution is -2.66. The van der Waals surface area contributed by atoms with Crippen LogP contribution in [0.3, 0.4) is 0 Å². The highest BCUT2D eigenvalue weighted by Crippen LogP contribution is 2.39. The molecule has 0 bridgehead atoms. The van der Waals surface area contributed by atoms with Crippen molar-refractivity contribution in [2.45, 2.75) is 77.6 Å². The zero-order valence-electron chi connectivity index (χ0n) is 23.9. The number of amides is 4. The van der Waals surface area contributed by atoms with Gasteiger partial charge in [0.25, 0.3) is 0 Å². The Balaban J connectivity index is 2.42. The van der Waals surface area contributed by atoms with Crippen LogP contribution in [0, 0.1) is 5.41 Å². The monoisotopic (exact) mass is 698 g/mol. The van der Waals surface area contributed by atoms with Crippen LogP contribution < -0.4 is 22.9 Å². The van der Waals surface area contributed by atoms with Crippen molar-refractivity contribution in [3.63, 3.8) is 0 Å². The molecule has 0 radical (unpaired) electrons. The molecule has 0 spiro atoms. The van der Waals surface area contributed by atoms with Crippen molar-refractivity contribution in [2.75, 3.05) is 26.2 Å². The van der Waals surface area contributed by atoms with E-state index in [-0.39, 0.29) is 31.4 Å². The molecule has 0 unspecified atom stereocenters. The van der Waals surface area contributed by atoms with Gasteiger partial charge in [-0.05, 0) is 62.3 Å². The molecule has 1 heterocycles. The second kappa shape index (κ2) is 17.3. The number of aliphatic imine (C=N–C) groups is 2. The van der Waals surface area contributed by atoms with Gasteiger partial charge < -0.3 is 22.9 Å². The maximum atomic E-state index is 14.3. The lowest BCUT2D eigenvalue weighted by atomic mass is 9.73. The van der Waals surface area contributed by atoms with E-state index in [9.17, 15) is 14.4 Å². The van der Waals surface area contributed by atoms with E-state index in [0.29, 0.717) is 51.6 Å². The minimum Gasteiger partial charge on any atom is -0.370 e. The normalized spacial score (nSPS) is 14.9. The molecule has 2 rings (SSSR count). The van der Waals surface area contributed by atoms with Gasteiger partial charge in [0, 0.05) is 35.1 Å². The van der Waals surface area contributed by atoms with Gasteiger partial charge in [0.05, 0.1) is 0 Å². The van der Waals surface area contributed by atoms with Crippen LogP contribution in [0.4, 0.5) is 4.79 Å². The quantitative estimate of drug-likeness (QED) is 0.0772. The van der Waals surface area contributed by atoms with Crippen LogP contribution in [0.15, 0.2) is 37.1 Å². The summed E-state index contributed by atoms with van der Waals surface area (Å²) in [5.74, 6) is -0.875. The zero-order valence-corrected chi connectivity index (χ0v) is 27.1. The first kappa shape index (κ1) is 34.5. The molecule has 1 aromatic rings. The number of hydrogen-bond acceptors (Lipinski definition) is 5. The number of rotatable bonds is 18. The number of guanidine groups is 2. The molecule has 1 saturated heterocycles. The van der Waals surface area contributed by atoms with E-state index >= 15 is 0 Å². The fourth-order valence-corrected chi connectivity index (χ4v) is 6.44. The summed E-state index contributed by atoms with van der Waals surface area (Å²) >= 11 is 7.05. The van der Waals surface area contributed by atoms with Gasteiger partial charge in [0.1, 0.15) is 5.41 Å². The van der Waals surface area contributed by atoms with Crippen molar-refractivity contribution in [3.05, 3.63) is 32.7 Å². The van der Waals surface area contributed by atoms with Crippen LogP contribution in [0.25, 0.3) is 0 Å². The van der Waals surface area contributed by atoms with Crippen molar-refractivity contribution >= 4 is 61.6 Å². The average molecular weight is 701 g/mol. The van der Waals surface area contributed by atoms with Gasteiger partial charge >= 0.3 is 6.03 Å². The third-order valence-corrected chi connectivity index (χ3v) is 7.99. The Bertz CT molecular complexity index is 1040. The lowest BCUT2D eigenvalue weighted by molar-refractivity contribution is -0.159. The maximum Gasteiger partial charge on any atom is 0.333 e. The number of benzene rings is 1. The molecular weight excluding hydrogens is 656 g/mol. The fraction of sp³-hybridized carbons (Fsp3) is 0.607. The summed E-state index contributed by atoms with van der Waals surface area (Å²) in [5, 5.41) is 0. The first-order valence-electron chi connectivity index (χ1n) is 14.3. The molecule has 41 heavy (non-hydrogen) atoms. The third-order valence-electron chi connectivity index (χ3n) is 7.07. The number of carbonyl (C=O) groups excluding carboxylic acids is 3. The summed E-state index contributed by atoms with van der Waals surface area (Å²) in [6, 6.07) is 5.15. The third kappa shape index (κ3) is 10.6. The Morgan fingerprint density at radius 1 is 0.732 bits per heavy atom. The van der Waals surface area contributed by atoms with Crippen LogP contribution in [0.5, 0.6) is 0 Å². The molecule has 0 saturated carbocycles. The van der Waals surface area contributed by atoms with Crippen LogP contribution in [0.2, 0.25) is 0 Å². The molecule has 11 nitrogen and oxygen atoms in total. The van der Waals surface area contributed by atoms with Crippen LogP contribution in [-0.4, -0.2) is 65.7 Å². The number of nitrogens with two attached hydrogens (primary N) is 4. The van der Waals surface area contributed by atoms with Gasteiger partial charge in [-0.1, -0.05) is 70.9 Å². The van der Waals surface area contributed by atoms with Crippen molar-refractivity contribution in [2.24, 2.45) is 38.3 Å². The molecule has 0 atom stereocenters. The Hall–Kier alpha value is -2.67. The number of hydrogen-bond donors (Lipinski definition) is 4. The number of imide groups is 2. The molecule has 1 aromatic carbocycles. The molecule has 8 N–H and O–H groups in total. The number of nitrogens with zero attached hydrogens (tertiary/aromatic N) is 4. The zero-order chi connectivity index (χ0) is 30.4. The first-order chi connectivity index (χ1) is 19.5. The second-order valence-electron chi connectivity index (χ2n) is 10.4. The van der Waals surface area contributed by atoms with Crippen molar-refractivity contribution in [1.82, 2.24) is 9.80 Å². The molecule has 0 aromatic heterocycles. The van der Waals surface area contributed by atoms with E-state index in [2.05, 4.69) is 48.8 Å². The summed E-state index contributed by atoms with van der Waals surface area (Å²) in [4.78, 5) is 52.6. The van der Waals surface area contributed by atoms with E-state index in [1.807, 2.05) is 18.2 Å². The van der Waals surface area contributed by atoms with Crippen LogP contribution >= 0.6 is 31.9 Å². The summed E-state index contributed by atoms with van der Waals surface area (Å²) in [6.07, 6.45) is 7.57. The first-order valence-corrected chi connectivity index (χ1v) is 15.8. The van der Waals surface area contributed by atoms with E-state index in [0.717, 1.165) is 40.2 Å². The molecule has 228 valence electrons. The summed E-state index contributed by atoms with van der Waals surface area (Å²) in [6.45, 7) is 3.27. The molecule has 0 aliphatic carbocycles. The number of barbiturate groups is 1. The van der Waals surface area contributed by atoms with E-state index in [1.54, 1.807) is 0 Å². The van der Waals surface area contributed by atoms with Crippen LogP contribution in [-0.2, 0) is 16.0 Å². The van der Waals surface area contributed by atoms with E-state index in [4.69, 9.17) is 22.9 Å². The highest BCUT2D eigenvalue weighted by atomic mass is 79.9. The van der Waals surface area contributed by atoms with Crippen molar-refractivity contribution in [1.29, 1.82) is 0 Å². The molecule has 13 heteroatoms. The Kier molecular flexibility index (Phi) is 14.6.